The molecule has 0 bridgehead atoms. The van der Waals surface area contributed by atoms with Crippen molar-refractivity contribution in [1.82, 2.24) is 10.2 Å². The number of sulfonamides is 1. The van der Waals surface area contributed by atoms with Gasteiger partial charge in [-0.15, -0.1) is 0 Å². The van der Waals surface area contributed by atoms with Crippen molar-refractivity contribution in [3.05, 3.63) is 65.0 Å². The van der Waals surface area contributed by atoms with Gasteiger partial charge in [-0.05, 0) is 56.5 Å². The molecule has 2 rings (SSSR count). The Labute approximate surface area is 195 Å². The summed E-state index contributed by atoms with van der Waals surface area (Å²) in [5, 5.41) is 2.73. The van der Waals surface area contributed by atoms with Crippen LogP contribution in [-0.2, 0) is 26.2 Å². The van der Waals surface area contributed by atoms with E-state index in [0.29, 0.717) is 29.8 Å². The number of benzene rings is 2. The molecule has 0 radical (unpaired) electrons. The molecule has 0 saturated heterocycles. The second-order valence-corrected chi connectivity index (χ2v) is 9.93. The third kappa shape index (κ3) is 7.02. The predicted octanol–water partition coefficient (Wildman–Crippen LogP) is 3.15. The maximum atomic E-state index is 13.5. The van der Waals surface area contributed by atoms with E-state index in [2.05, 4.69) is 5.32 Å². The van der Waals surface area contributed by atoms with Gasteiger partial charge < -0.3 is 10.2 Å². The highest BCUT2D eigenvalue weighted by molar-refractivity contribution is 7.92. The molecule has 2 aromatic carbocycles. The Bertz CT molecular complexity index is 1090. The van der Waals surface area contributed by atoms with Crippen LogP contribution >= 0.6 is 0 Å². The van der Waals surface area contributed by atoms with E-state index in [1.807, 2.05) is 13.0 Å². The molecule has 1 atom stereocenters. The Morgan fingerprint density at radius 2 is 1.70 bits per heavy atom. The van der Waals surface area contributed by atoms with E-state index >= 15 is 0 Å². The highest BCUT2D eigenvalue weighted by Crippen LogP contribution is 2.24. The van der Waals surface area contributed by atoms with Crippen molar-refractivity contribution in [3.63, 3.8) is 0 Å². The highest BCUT2D eigenvalue weighted by Gasteiger charge is 2.31. The van der Waals surface area contributed by atoms with Crippen molar-refractivity contribution in [2.24, 2.45) is 0 Å². The number of nitrogens with zero attached hydrogens (tertiary/aromatic N) is 2. The van der Waals surface area contributed by atoms with E-state index in [1.165, 1.54) is 17.0 Å². The molecule has 0 aliphatic heterocycles. The number of hydrogen-bond donors (Lipinski definition) is 1. The van der Waals surface area contributed by atoms with Gasteiger partial charge in [0, 0.05) is 13.1 Å². The zero-order valence-corrected chi connectivity index (χ0v) is 20.6. The van der Waals surface area contributed by atoms with E-state index in [9.17, 15) is 22.4 Å². The van der Waals surface area contributed by atoms with Crippen molar-refractivity contribution >= 4 is 27.5 Å². The first kappa shape index (κ1) is 26.3. The van der Waals surface area contributed by atoms with Gasteiger partial charge in [0.25, 0.3) is 0 Å². The monoisotopic (exact) mass is 477 g/mol. The number of aryl methyl sites for hydroxylation is 2. The first-order chi connectivity index (χ1) is 15.5. The number of likely N-dealkylation sites (N-methyl/N-ethyl adjacent to an activating group) is 1. The molecular weight excluding hydrogens is 445 g/mol. The second-order valence-electron chi connectivity index (χ2n) is 8.03. The Balaban J connectivity index is 2.45. The molecule has 0 aromatic heterocycles. The topological polar surface area (TPSA) is 86.8 Å². The van der Waals surface area contributed by atoms with Crippen LogP contribution in [0.4, 0.5) is 10.1 Å². The van der Waals surface area contributed by atoms with E-state index in [0.717, 1.165) is 16.1 Å². The summed E-state index contributed by atoms with van der Waals surface area (Å²) in [5.41, 5.74) is 2.72. The summed E-state index contributed by atoms with van der Waals surface area (Å²) in [6.45, 7) is 7.22. The van der Waals surface area contributed by atoms with Crippen LogP contribution in [0.3, 0.4) is 0 Å². The Hall–Kier alpha value is -2.94. The first-order valence-electron chi connectivity index (χ1n) is 10.8. The molecule has 0 aliphatic carbocycles. The summed E-state index contributed by atoms with van der Waals surface area (Å²) in [6, 6.07) is 10.1. The van der Waals surface area contributed by atoms with Crippen LogP contribution < -0.4 is 9.62 Å². The lowest BCUT2D eigenvalue weighted by Crippen LogP contribution is -2.52. The van der Waals surface area contributed by atoms with Crippen molar-refractivity contribution in [1.29, 1.82) is 0 Å². The molecule has 2 amide bonds. The van der Waals surface area contributed by atoms with Crippen LogP contribution in [0.2, 0.25) is 0 Å². The van der Waals surface area contributed by atoms with E-state index in [-0.39, 0.29) is 12.5 Å². The van der Waals surface area contributed by atoms with E-state index in [1.54, 1.807) is 45.0 Å². The minimum absolute atomic E-state index is 0.0409. The summed E-state index contributed by atoms with van der Waals surface area (Å²) in [5.74, 6) is -1.26. The summed E-state index contributed by atoms with van der Waals surface area (Å²) < 4.78 is 39.7. The number of hydrogen-bond acceptors (Lipinski definition) is 4. The summed E-state index contributed by atoms with van der Waals surface area (Å²) in [4.78, 5) is 27.6. The third-order valence-corrected chi connectivity index (χ3v) is 6.43. The second kappa shape index (κ2) is 11.3. The zero-order chi connectivity index (χ0) is 24.8. The molecule has 0 aliphatic rings. The van der Waals surface area contributed by atoms with Gasteiger partial charge >= 0.3 is 0 Å². The smallest absolute Gasteiger partial charge is 0.244 e. The SMILES string of the molecule is CCNC(=O)[C@@H](CC)N(Cc1ccc(F)cc1)C(=O)CN(c1ccc(C)cc1C)S(C)(=O)=O. The molecule has 0 saturated carbocycles. The first-order valence-corrected chi connectivity index (χ1v) is 12.7. The van der Waals surface area contributed by atoms with E-state index < -0.39 is 34.3 Å². The van der Waals surface area contributed by atoms with Crippen LogP contribution in [-0.4, -0.2) is 50.5 Å². The standard InChI is InChI=1S/C24H32FN3O4S/c1-6-21(24(30)26-7-2)27(15-19-9-11-20(25)12-10-19)23(29)16-28(33(5,31)32)22-13-8-17(3)14-18(22)4/h8-14,21H,6-7,15-16H2,1-5H3,(H,26,30)/t21-/m1/s1. The van der Waals surface area contributed by atoms with Gasteiger partial charge in [0.05, 0.1) is 11.9 Å². The van der Waals surface area contributed by atoms with Gasteiger partial charge in [0.1, 0.15) is 18.4 Å². The fourth-order valence-electron chi connectivity index (χ4n) is 3.68. The number of nitrogens with one attached hydrogen (secondary N) is 1. The Kier molecular flexibility index (Phi) is 8.99. The molecule has 0 spiro atoms. The number of amides is 2. The predicted molar refractivity (Wildman–Crippen MR) is 128 cm³/mol. The molecule has 33 heavy (non-hydrogen) atoms. The van der Waals surface area contributed by atoms with Gasteiger partial charge in [-0.1, -0.05) is 36.8 Å². The minimum Gasteiger partial charge on any atom is -0.355 e. The molecule has 180 valence electrons. The zero-order valence-electron chi connectivity index (χ0n) is 19.8. The maximum absolute atomic E-state index is 13.5. The summed E-state index contributed by atoms with van der Waals surface area (Å²) in [6.07, 6.45) is 1.38. The average Bonchev–Trinajstić information content (AvgIpc) is 2.73. The lowest BCUT2D eigenvalue weighted by atomic mass is 10.1. The molecule has 0 unspecified atom stereocenters. The quantitative estimate of drug-likeness (QED) is 0.570. The van der Waals surface area contributed by atoms with Gasteiger partial charge in [-0.3, -0.25) is 13.9 Å². The van der Waals surface area contributed by atoms with Gasteiger partial charge in [-0.25, -0.2) is 12.8 Å². The largest absolute Gasteiger partial charge is 0.355 e. The number of halogens is 1. The average molecular weight is 478 g/mol. The Morgan fingerprint density at radius 1 is 1.06 bits per heavy atom. The third-order valence-electron chi connectivity index (χ3n) is 5.30. The lowest BCUT2D eigenvalue weighted by Gasteiger charge is -2.33. The number of anilines is 1. The molecule has 7 nitrogen and oxygen atoms in total. The highest BCUT2D eigenvalue weighted by atomic mass is 32.2. The van der Waals surface area contributed by atoms with Crippen molar-refractivity contribution in [3.8, 4) is 0 Å². The van der Waals surface area contributed by atoms with Crippen molar-refractivity contribution < 1.29 is 22.4 Å². The van der Waals surface area contributed by atoms with Crippen molar-refractivity contribution in [2.75, 3.05) is 23.7 Å². The molecule has 0 fully saturated rings. The maximum Gasteiger partial charge on any atom is 0.244 e. The fraction of sp³-hybridized carbons (Fsp3) is 0.417. The van der Waals surface area contributed by atoms with E-state index in [4.69, 9.17) is 0 Å². The van der Waals surface area contributed by atoms with Crippen LogP contribution in [0.25, 0.3) is 0 Å². The van der Waals surface area contributed by atoms with Crippen LogP contribution in [0.15, 0.2) is 42.5 Å². The summed E-state index contributed by atoms with van der Waals surface area (Å²) in [7, 11) is -3.79. The fourth-order valence-corrected chi connectivity index (χ4v) is 4.59. The molecule has 1 N–H and O–H groups in total. The molecule has 9 heteroatoms. The Morgan fingerprint density at radius 3 is 2.21 bits per heavy atom. The van der Waals surface area contributed by atoms with Gasteiger partial charge in [-0.2, -0.15) is 0 Å². The number of carbonyl (C=O) groups is 2. The normalized spacial score (nSPS) is 12.2. The molecule has 2 aromatic rings. The van der Waals surface area contributed by atoms with Crippen molar-refractivity contribution in [2.45, 2.75) is 46.7 Å². The number of carbonyl (C=O) groups excluding carboxylic acids is 2. The summed E-state index contributed by atoms with van der Waals surface area (Å²) >= 11 is 0. The molecular formula is C24H32FN3O4S. The van der Waals surface area contributed by atoms with Crippen LogP contribution in [0.5, 0.6) is 0 Å². The number of rotatable bonds is 10. The molecule has 0 heterocycles. The minimum atomic E-state index is -3.79. The van der Waals surface area contributed by atoms with Crippen LogP contribution in [0.1, 0.15) is 37.0 Å². The van der Waals surface area contributed by atoms with Gasteiger partial charge in [0.15, 0.2) is 0 Å². The lowest BCUT2D eigenvalue weighted by molar-refractivity contribution is -0.140. The van der Waals surface area contributed by atoms with Gasteiger partial charge in [0.2, 0.25) is 21.8 Å². The van der Waals surface area contributed by atoms with Crippen LogP contribution in [0, 0.1) is 19.7 Å².